The molecule has 0 unspecified atom stereocenters. The summed E-state index contributed by atoms with van der Waals surface area (Å²) >= 11 is 0. The number of hydrogen-bond acceptors (Lipinski definition) is 6. The van der Waals surface area contributed by atoms with Gasteiger partial charge in [-0.25, -0.2) is 17.9 Å². The van der Waals surface area contributed by atoms with Crippen LogP contribution in [0.2, 0.25) is 0 Å². The lowest BCUT2D eigenvalue weighted by Crippen LogP contribution is -2.40. The van der Waals surface area contributed by atoms with Crippen molar-refractivity contribution < 1.29 is 17.9 Å². The zero-order valence-corrected chi connectivity index (χ0v) is 16.9. The van der Waals surface area contributed by atoms with Gasteiger partial charge in [0.05, 0.1) is 30.9 Å². The summed E-state index contributed by atoms with van der Waals surface area (Å²) in [6, 6.07) is 10.7. The van der Waals surface area contributed by atoms with Crippen molar-refractivity contribution in [2.45, 2.75) is 23.7 Å². The highest BCUT2D eigenvalue weighted by Crippen LogP contribution is 2.39. The maximum Gasteiger partial charge on any atom is 0.243 e. The highest BCUT2D eigenvalue weighted by molar-refractivity contribution is 7.89. The van der Waals surface area contributed by atoms with E-state index in [-0.39, 0.29) is 4.90 Å². The number of ether oxygens (including phenoxy) is 2. The third-order valence-electron chi connectivity index (χ3n) is 5.39. The molecule has 0 amide bonds. The largest absolute Gasteiger partial charge is 0.493 e. The molecular weight excluding hydrogens is 392 g/mol. The maximum atomic E-state index is 12.8. The maximum absolute atomic E-state index is 12.8. The molecule has 5 rings (SSSR count). The number of rotatable bonds is 5. The number of aromatic nitrogens is 3. The molecule has 29 heavy (non-hydrogen) atoms. The van der Waals surface area contributed by atoms with Crippen molar-refractivity contribution >= 4 is 15.7 Å². The Kier molecular flexibility index (Phi) is 4.53. The van der Waals surface area contributed by atoms with Crippen LogP contribution >= 0.6 is 0 Å². The zero-order valence-electron chi connectivity index (χ0n) is 16.1. The van der Waals surface area contributed by atoms with E-state index in [1.807, 2.05) is 24.3 Å². The molecule has 2 aliphatic rings. The van der Waals surface area contributed by atoms with E-state index in [4.69, 9.17) is 9.47 Å². The molecule has 1 saturated carbocycles. The number of morpholine rings is 1. The van der Waals surface area contributed by atoms with E-state index in [0.29, 0.717) is 43.6 Å². The first-order chi connectivity index (χ1) is 14.1. The van der Waals surface area contributed by atoms with Gasteiger partial charge in [-0.15, -0.1) is 0 Å². The van der Waals surface area contributed by atoms with Crippen LogP contribution in [-0.4, -0.2) is 60.7 Å². The van der Waals surface area contributed by atoms with Crippen molar-refractivity contribution in [1.29, 1.82) is 0 Å². The fourth-order valence-electron chi connectivity index (χ4n) is 3.58. The van der Waals surface area contributed by atoms with Crippen LogP contribution < -0.4 is 4.74 Å². The summed E-state index contributed by atoms with van der Waals surface area (Å²) in [4.78, 5) is 4.94. The van der Waals surface area contributed by atoms with Gasteiger partial charge in [0.15, 0.2) is 17.2 Å². The van der Waals surface area contributed by atoms with Crippen LogP contribution in [0.3, 0.4) is 0 Å². The number of pyridine rings is 1. The van der Waals surface area contributed by atoms with Gasteiger partial charge in [0.1, 0.15) is 0 Å². The van der Waals surface area contributed by atoms with Crippen LogP contribution in [0.5, 0.6) is 5.75 Å². The topological polar surface area (TPSA) is 86.0 Å². The average Bonchev–Trinajstić information content (AvgIpc) is 3.52. The quantitative estimate of drug-likeness (QED) is 0.637. The standard InChI is InChI=1S/C20H22N4O4S/c1-27-18-9-8-17(24-20(18)21-19(22-24)15-2-3-15)14-4-6-16(7-5-14)29(25,26)23-10-12-28-13-11-23/h4-9,15H,2-3,10-13H2,1H3. The summed E-state index contributed by atoms with van der Waals surface area (Å²) in [7, 11) is -1.90. The molecule has 8 nitrogen and oxygen atoms in total. The summed E-state index contributed by atoms with van der Waals surface area (Å²) in [5.74, 6) is 1.93. The van der Waals surface area contributed by atoms with E-state index in [1.165, 1.54) is 4.31 Å². The average molecular weight is 414 g/mol. The Bertz CT molecular complexity index is 1150. The Morgan fingerprint density at radius 1 is 1.07 bits per heavy atom. The van der Waals surface area contributed by atoms with Crippen molar-refractivity contribution in [2.75, 3.05) is 33.4 Å². The first kappa shape index (κ1) is 18.5. The highest BCUT2D eigenvalue weighted by Gasteiger charge is 2.29. The first-order valence-corrected chi connectivity index (χ1v) is 11.1. The van der Waals surface area contributed by atoms with E-state index >= 15 is 0 Å². The normalized spacial score (nSPS) is 18.2. The molecule has 2 aromatic heterocycles. The predicted molar refractivity (Wildman–Crippen MR) is 107 cm³/mol. The molecule has 0 atom stereocenters. The Labute approximate surface area is 169 Å². The molecule has 0 bridgehead atoms. The SMILES string of the molecule is COc1ccc(-c2ccc(S(=O)(=O)N3CCOCC3)cc2)n2nc(C3CC3)nc12. The number of fused-ring (bicyclic) bond motifs is 1. The number of nitrogens with zero attached hydrogens (tertiary/aromatic N) is 4. The minimum atomic E-state index is -3.51. The Morgan fingerprint density at radius 3 is 2.45 bits per heavy atom. The Morgan fingerprint density at radius 2 is 1.79 bits per heavy atom. The van der Waals surface area contributed by atoms with E-state index in [2.05, 4.69) is 10.1 Å². The Balaban J connectivity index is 1.52. The summed E-state index contributed by atoms with van der Waals surface area (Å²) in [5, 5.41) is 4.69. The second-order valence-corrected chi connectivity index (χ2v) is 9.25. The van der Waals surface area contributed by atoms with Crippen LogP contribution in [0.25, 0.3) is 16.9 Å². The van der Waals surface area contributed by atoms with Crippen molar-refractivity contribution in [3.05, 3.63) is 42.2 Å². The molecule has 3 heterocycles. The highest BCUT2D eigenvalue weighted by atomic mass is 32.2. The number of benzene rings is 1. The van der Waals surface area contributed by atoms with Gasteiger partial charge in [0.2, 0.25) is 10.0 Å². The molecule has 1 saturated heterocycles. The van der Waals surface area contributed by atoms with Crippen molar-refractivity contribution in [3.63, 3.8) is 0 Å². The lowest BCUT2D eigenvalue weighted by atomic mass is 10.1. The monoisotopic (exact) mass is 414 g/mol. The fraction of sp³-hybridized carbons (Fsp3) is 0.400. The molecule has 1 aliphatic heterocycles. The fourth-order valence-corrected chi connectivity index (χ4v) is 4.99. The van der Waals surface area contributed by atoms with E-state index in [1.54, 1.807) is 23.8 Å². The summed E-state index contributed by atoms with van der Waals surface area (Å²) in [6.45, 7) is 1.62. The minimum Gasteiger partial charge on any atom is -0.493 e. The summed E-state index contributed by atoms with van der Waals surface area (Å²) in [6.07, 6.45) is 2.23. The summed E-state index contributed by atoms with van der Waals surface area (Å²) in [5.41, 5.74) is 2.39. The molecule has 0 radical (unpaired) electrons. The van der Waals surface area contributed by atoms with E-state index < -0.39 is 10.0 Å². The second-order valence-electron chi connectivity index (χ2n) is 7.31. The molecule has 0 N–H and O–H groups in total. The minimum absolute atomic E-state index is 0.283. The van der Waals surface area contributed by atoms with Gasteiger partial charge in [0, 0.05) is 24.6 Å². The van der Waals surface area contributed by atoms with Crippen LogP contribution in [0.1, 0.15) is 24.6 Å². The summed E-state index contributed by atoms with van der Waals surface area (Å²) < 4.78 is 39.6. The van der Waals surface area contributed by atoms with Gasteiger partial charge < -0.3 is 9.47 Å². The van der Waals surface area contributed by atoms with Gasteiger partial charge in [-0.3, -0.25) is 0 Å². The van der Waals surface area contributed by atoms with Crippen LogP contribution in [0, 0.1) is 0 Å². The number of hydrogen-bond donors (Lipinski definition) is 0. The Hall–Kier alpha value is -2.49. The van der Waals surface area contributed by atoms with Gasteiger partial charge in [-0.05, 0) is 37.1 Å². The van der Waals surface area contributed by atoms with Crippen LogP contribution in [0.4, 0.5) is 0 Å². The lowest BCUT2D eigenvalue weighted by molar-refractivity contribution is 0.0730. The lowest BCUT2D eigenvalue weighted by Gasteiger charge is -2.26. The zero-order chi connectivity index (χ0) is 20.0. The number of sulfonamides is 1. The molecule has 9 heteroatoms. The molecule has 152 valence electrons. The second kappa shape index (κ2) is 7.08. The van der Waals surface area contributed by atoms with Gasteiger partial charge >= 0.3 is 0 Å². The number of methoxy groups -OCH3 is 1. The predicted octanol–water partition coefficient (Wildman–Crippen LogP) is 2.30. The third-order valence-corrected chi connectivity index (χ3v) is 7.30. The molecular formula is C20H22N4O4S. The smallest absolute Gasteiger partial charge is 0.243 e. The van der Waals surface area contributed by atoms with Crippen LogP contribution in [0.15, 0.2) is 41.3 Å². The van der Waals surface area contributed by atoms with Crippen molar-refractivity contribution in [3.8, 4) is 17.0 Å². The molecule has 2 fully saturated rings. The first-order valence-electron chi connectivity index (χ1n) is 9.70. The van der Waals surface area contributed by atoms with Gasteiger partial charge in [-0.2, -0.15) is 9.40 Å². The molecule has 0 spiro atoms. The molecule has 3 aromatic rings. The van der Waals surface area contributed by atoms with E-state index in [0.717, 1.165) is 29.9 Å². The molecule has 1 aromatic carbocycles. The van der Waals surface area contributed by atoms with Crippen molar-refractivity contribution in [1.82, 2.24) is 18.9 Å². The van der Waals surface area contributed by atoms with Crippen molar-refractivity contribution in [2.24, 2.45) is 0 Å². The van der Waals surface area contributed by atoms with Gasteiger partial charge in [-0.1, -0.05) is 12.1 Å². The third kappa shape index (κ3) is 3.29. The molecule has 1 aliphatic carbocycles. The van der Waals surface area contributed by atoms with Crippen LogP contribution in [-0.2, 0) is 14.8 Å². The van der Waals surface area contributed by atoms with Gasteiger partial charge in [0.25, 0.3) is 0 Å². The van der Waals surface area contributed by atoms with E-state index in [9.17, 15) is 8.42 Å².